The summed E-state index contributed by atoms with van der Waals surface area (Å²) in [5.74, 6) is -0.0615. The number of nitrogens with one attached hydrogen (secondary N) is 1. The molecule has 0 heterocycles. The van der Waals surface area contributed by atoms with E-state index < -0.39 is 0 Å². The maximum Gasteiger partial charge on any atom is 0.228 e. The molecule has 1 amide bonds. The minimum absolute atomic E-state index is 0.0615. The molecule has 0 aliphatic rings. The summed E-state index contributed by atoms with van der Waals surface area (Å²) in [6.07, 6.45) is 0.348. The van der Waals surface area contributed by atoms with E-state index in [4.69, 9.17) is 5.26 Å². The number of anilines is 1. The molecular weight excluding hydrogens is 236 g/mol. The van der Waals surface area contributed by atoms with Gasteiger partial charge in [0, 0.05) is 5.69 Å². The van der Waals surface area contributed by atoms with E-state index in [9.17, 15) is 4.79 Å². The number of hydrogen-bond donors (Lipinski definition) is 1. The number of carbonyl (C=O) groups excluding carboxylic acids is 1. The van der Waals surface area contributed by atoms with E-state index >= 15 is 0 Å². The highest BCUT2D eigenvalue weighted by Gasteiger charge is 2.04. The maximum absolute atomic E-state index is 11.8. The van der Waals surface area contributed by atoms with E-state index in [1.807, 2.05) is 37.3 Å². The second kappa shape index (κ2) is 5.83. The average Bonchev–Trinajstić information content (AvgIpc) is 2.42. The Morgan fingerprint density at radius 2 is 1.74 bits per heavy atom. The van der Waals surface area contributed by atoms with Gasteiger partial charge in [-0.05, 0) is 36.8 Å². The molecule has 0 bridgehead atoms. The third kappa shape index (κ3) is 3.68. The fraction of sp³-hybridized carbons (Fsp3) is 0.125. The summed E-state index contributed by atoms with van der Waals surface area (Å²) in [6.45, 7) is 2.01. The number of rotatable bonds is 3. The molecule has 94 valence electrons. The fourth-order valence-corrected chi connectivity index (χ4v) is 1.72. The van der Waals surface area contributed by atoms with Crippen LogP contribution in [-0.2, 0) is 11.2 Å². The predicted molar refractivity (Wildman–Crippen MR) is 74.7 cm³/mol. The van der Waals surface area contributed by atoms with Crippen molar-refractivity contribution in [3.63, 3.8) is 0 Å². The van der Waals surface area contributed by atoms with Crippen LogP contribution >= 0.6 is 0 Å². The summed E-state index contributed by atoms with van der Waals surface area (Å²) >= 11 is 0. The Labute approximate surface area is 112 Å². The highest BCUT2D eigenvalue weighted by molar-refractivity contribution is 5.92. The van der Waals surface area contributed by atoms with Gasteiger partial charge in [0.15, 0.2) is 0 Å². The standard InChI is InChI=1S/C16H14N2O/c1-12-2-4-13(5-3-12)10-16(19)18-15-8-6-14(11-17)7-9-15/h2-9H,10H2,1H3,(H,18,19). The monoisotopic (exact) mass is 250 g/mol. The zero-order valence-corrected chi connectivity index (χ0v) is 10.7. The smallest absolute Gasteiger partial charge is 0.228 e. The molecule has 0 unspecified atom stereocenters. The minimum atomic E-state index is -0.0615. The Balaban J connectivity index is 1.97. The summed E-state index contributed by atoms with van der Waals surface area (Å²) < 4.78 is 0. The van der Waals surface area contributed by atoms with Crippen molar-refractivity contribution in [3.05, 3.63) is 65.2 Å². The Morgan fingerprint density at radius 3 is 2.32 bits per heavy atom. The van der Waals surface area contributed by atoms with Crippen LogP contribution in [0.1, 0.15) is 16.7 Å². The van der Waals surface area contributed by atoms with Gasteiger partial charge in [-0.2, -0.15) is 5.26 Å². The van der Waals surface area contributed by atoms with E-state index in [-0.39, 0.29) is 5.91 Å². The first-order valence-corrected chi connectivity index (χ1v) is 6.03. The Hall–Kier alpha value is -2.60. The molecule has 2 rings (SSSR count). The van der Waals surface area contributed by atoms with Gasteiger partial charge in [-0.15, -0.1) is 0 Å². The molecule has 0 aliphatic heterocycles. The van der Waals surface area contributed by atoms with Gasteiger partial charge in [-0.3, -0.25) is 4.79 Å². The van der Waals surface area contributed by atoms with E-state index in [2.05, 4.69) is 5.32 Å². The normalized spacial score (nSPS) is 9.68. The summed E-state index contributed by atoms with van der Waals surface area (Å²) in [5, 5.41) is 11.5. The third-order valence-electron chi connectivity index (χ3n) is 2.78. The Morgan fingerprint density at radius 1 is 1.11 bits per heavy atom. The van der Waals surface area contributed by atoms with Gasteiger partial charge in [-0.25, -0.2) is 0 Å². The molecule has 0 radical (unpaired) electrons. The van der Waals surface area contributed by atoms with Crippen molar-refractivity contribution in [3.8, 4) is 6.07 Å². The second-order valence-electron chi connectivity index (χ2n) is 4.40. The van der Waals surface area contributed by atoms with Gasteiger partial charge in [0.05, 0.1) is 18.1 Å². The first-order valence-electron chi connectivity index (χ1n) is 6.03. The number of aryl methyl sites for hydroxylation is 1. The lowest BCUT2D eigenvalue weighted by Crippen LogP contribution is -2.14. The molecule has 2 aromatic rings. The van der Waals surface area contributed by atoms with Crippen molar-refractivity contribution in [2.45, 2.75) is 13.3 Å². The van der Waals surface area contributed by atoms with Crippen LogP contribution in [0.5, 0.6) is 0 Å². The minimum Gasteiger partial charge on any atom is -0.326 e. The SMILES string of the molecule is Cc1ccc(CC(=O)Nc2ccc(C#N)cc2)cc1. The van der Waals surface area contributed by atoms with Crippen LogP contribution in [0, 0.1) is 18.3 Å². The van der Waals surface area contributed by atoms with Gasteiger partial charge in [0.1, 0.15) is 0 Å². The molecule has 0 saturated carbocycles. The Kier molecular flexibility index (Phi) is 3.94. The molecular formula is C16H14N2O. The predicted octanol–water partition coefficient (Wildman–Crippen LogP) is 3.05. The lowest BCUT2D eigenvalue weighted by atomic mass is 10.1. The summed E-state index contributed by atoms with van der Waals surface area (Å²) in [7, 11) is 0. The maximum atomic E-state index is 11.8. The van der Waals surface area contributed by atoms with Crippen LogP contribution in [-0.4, -0.2) is 5.91 Å². The zero-order chi connectivity index (χ0) is 13.7. The largest absolute Gasteiger partial charge is 0.326 e. The Bertz CT molecular complexity index is 607. The highest BCUT2D eigenvalue weighted by Crippen LogP contribution is 2.10. The number of benzene rings is 2. The van der Waals surface area contributed by atoms with Crippen LogP contribution in [0.2, 0.25) is 0 Å². The first kappa shape index (κ1) is 12.8. The number of nitrogens with zero attached hydrogens (tertiary/aromatic N) is 1. The third-order valence-corrected chi connectivity index (χ3v) is 2.78. The molecule has 0 aliphatic carbocycles. The molecule has 0 aromatic heterocycles. The van der Waals surface area contributed by atoms with Gasteiger partial charge in [-0.1, -0.05) is 29.8 Å². The molecule has 3 heteroatoms. The van der Waals surface area contributed by atoms with Gasteiger partial charge >= 0.3 is 0 Å². The van der Waals surface area contributed by atoms with Crippen LogP contribution in [0.25, 0.3) is 0 Å². The van der Waals surface area contributed by atoms with Crippen molar-refractivity contribution in [1.29, 1.82) is 5.26 Å². The zero-order valence-electron chi connectivity index (χ0n) is 10.7. The van der Waals surface area contributed by atoms with Crippen LogP contribution in [0.4, 0.5) is 5.69 Å². The van der Waals surface area contributed by atoms with E-state index in [0.717, 1.165) is 5.56 Å². The average molecular weight is 250 g/mol. The molecule has 19 heavy (non-hydrogen) atoms. The lowest BCUT2D eigenvalue weighted by Gasteiger charge is -2.05. The van der Waals surface area contributed by atoms with Gasteiger partial charge < -0.3 is 5.32 Å². The number of carbonyl (C=O) groups is 1. The van der Waals surface area contributed by atoms with Crippen molar-refractivity contribution < 1.29 is 4.79 Å². The second-order valence-corrected chi connectivity index (χ2v) is 4.40. The van der Waals surface area contributed by atoms with E-state index in [1.54, 1.807) is 24.3 Å². The summed E-state index contributed by atoms with van der Waals surface area (Å²) in [5.41, 5.74) is 3.45. The van der Waals surface area contributed by atoms with Crippen molar-refractivity contribution in [1.82, 2.24) is 0 Å². The topological polar surface area (TPSA) is 52.9 Å². The number of nitriles is 1. The number of amides is 1. The molecule has 0 saturated heterocycles. The summed E-state index contributed by atoms with van der Waals surface area (Å²) in [4.78, 5) is 11.8. The van der Waals surface area contributed by atoms with E-state index in [0.29, 0.717) is 17.7 Å². The van der Waals surface area contributed by atoms with Crippen LogP contribution in [0.3, 0.4) is 0 Å². The van der Waals surface area contributed by atoms with Crippen LogP contribution < -0.4 is 5.32 Å². The quantitative estimate of drug-likeness (QED) is 0.910. The number of hydrogen-bond acceptors (Lipinski definition) is 2. The lowest BCUT2D eigenvalue weighted by molar-refractivity contribution is -0.115. The van der Waals surface area contributed by atoms with Crippen molar-refractivity contribution in [2.24, 2.45) is 0 Å². The highest BCUT2D eigenvalue weighted by atomic mass is 16.1. The molecule has 0 atom stereocenters. The molecule has 1 N–H and O–H groups in total. The van der Waals surface area contributed by atoms with Crippen LogP contribution in [0.15, 0.2) is 48.5 Å². The van der Waals surface area contributed by atoms with Crippen molar-refractivity contribution in [2.75, 3.05) is 5.32 Å². The van der Waals surface area contributed by atoms with Gasteiger partial charge in [0.2, 0.25) is 5.91 Å². The molecule has 3 nitrogen and oxygen atoms in total. The summed E-state index contributed by atoms with van der Waals surface area (Å²) in [6, 6.07) is 16.7. The first-order chi connectivity index (χ1) is 9.17. The van der Waals surface area contributed by atoms with Gasteiger partial charge in [0.25, 0.3) is 0 Å². The molecule has 0 spiro atoms. The fourth-order valence-electron chi connectivity index (χ4n) is 1.72. The molecule has 2 aromatic carbocycles. The van der Waals surface area contributed by atoms with E-state index in [1.165, 1.54) is 5.56 Å². The molecule has 0 fully saturated rings. The van der Waals surface area contributed by atoms with Crippen molar-refractivity contribution >= 4 is 11.6 Å².